The molecule has 2 aromatic rings. The Hall–Kier alpha value is -1.95. The second-order valence-electron chi connectivity index (χ2n) is 3.41. The Kier molecular flexibility index (Phi) is 3.80. The summed E-state index contributed by atoms with van der Waals surface area (Å²) in [6, 6.07) is 1.69. The van der Waals surface area contributed by atoms with E-state index >= 15 is 0 Å². The van der Waals surface area contributed by atoms with Crippen LogP contribution >= 0.6 is 12.4 Å². The quantitative estimate of drug-likeness (QED) is 0.830. The molecule has 0 unspecified atom stereocenters. The van der Waals surface area contributed by atoms with E-state index in [4.69, 9.17) is 16.2 Å². The summed E-state index contributed by atoms with van der Waals surface area (Å²) in [5.74, 6) is 0.0932. The van der Waals surface area contributed by atoms with Gasteiger partial charge in [-0.05, 0) is 6.07 Å². The summed E-state index contributed by atoms with van der Waals surface area (Å²) in [5.41, 5.74) is 12.8. The van der Waals surface area contributed by atoms with Crippen LogP contribution in [-0.2, 0) is 11.2 Å². The van der Waals surface area contributed by atoms with Gasteiger partial charge in [0.1, 0.15) is 5.52 Å². The Labute approximate surface area is 104 Å². The van der Waals surface area contributed by atoms with Crippen molar-refractivity contribution in [3.05, 3.63) is 24.0 Å². The summed E-state index contributed by atoms with van der Waals surface area (Å²) >= 11 is 0. The average molecular weight is 257 g/mol. The molecule has 0 atom stereocenters. The maximum absolute atomic E-state index is 10.9. The highest BCUT2D eigenvalue weighted by atomic mass is 35.5. The van der Waals surface area contributed by atoms with Crippen LogP contribution in [0, 0.1) is 0 Å². The van der Waals surface area contributed by atoms with Crippen LogP contribution in [0.15, 0.2) is 18.5 Å². The van der Waals surface area contributed by atoms with E-state index in [-0.39, 0.29) is 18.8 Å². The maximum Gasteiger partial charge on any atom is 0.221 e. The SMILES string of the molecule is COc1c(N)ccn2ncc(CC(N)=O)c12.Cl. The van der Waals surface area contributed by atoms with Crippen molar-refractivity contribution in [1.82, 2.24) is 9.61 Å². The summed E-state index contributed by atoms with van der Waals surface area (Å²) in [6.07, 6.45) is 3.41. The van der Waals surface area contributed by atoms with Gasteiger partial charge in [-0.1, -0.05) is 0 Å². The number of pyridine rings is 1. The number of carbonyl (C=O) groups is 1. The molecule has 17 heavy (non-hydrogen) atoms. The molecule has 4 N–H and O–H groups in total. The highest BCUT2D eigenvalue weighted by Crippen LogP contribution is 2.29. The summed E-state index contributed by atoms with van der Waals surface area (Å²) in [7, 11) is 1.52. The first-order valence-electron chi connectivity index (χ1n) is 4.70. The smallest absolute Gasteiger partial charge is 0.221 e. The molecule has 0 aliphatic heterocycles. The lowest BCUT2D eigenvalue weighted by molar-refractivity contribution is -0.117. The Morgan fingerprint density at radius 3 is 2.88 bits per heavy atom. The molecule has 0 aromatic carbocycles. The van der Waals surface area contributed by atoms with Crippen LogP contribution in [0.25, 0.3) is 5.52 Å². The van der Waals surface area contributed by atoms with Gasteiger partial charge in [-0.3, -0.25) is 4.79 Å². The number of nitrogen functional groups attached to an aromatic ring is 1. The van der Waals surface area contributed by atoms with Gasteiger partial charge in [0, 0.05) is 11.8 Å². The fourth-order valence-corrected chi connectivity index (χ4v) is 1.66. The molecule has 2 heterocycles. The minimum absolute atomic E-state index is 0. The standard InChI is InChI=1S/C10H12N4O2.ClH/c1-16-10-7(11)2-3-14-9(10)6(5-13-14)4-8(12)15;/h2-3,5H,4,11H2,1H3,(H2,12,15);1H. The van der Waals surface area contributed by atoms with E-state index in [1.54, 1.807) is 23.0 Å². The van der Waals surface area contributed by atoms with Crippen LogP contribution in [-0.4, -0.2) is 22.6 Å². The van der Waals surface area contributed by atoms with Crippen LogP contribution in [0.4, 0.5) is 5.69 Å². The Morgan fingerprint density at radius 2 is 2.29 bits per heavy atom. The lowest BCUT2D eigenvalue weighted by Crippen LogP contribution is -2.13. The number of rotatable bonds is 3. The Morgan fingerprint density at radius 1 is 1.59 bits per heavy atom. The molecule has 0 radical (unpaired) electrons. The molecule has 0 saturated carbocycles. The third-order valence-electron chi connectivity index (χ3n) is 2.31. The number of hydrogen-bond acceptors (Lipinski definition) is 4. The molecule has 7 heteroatoms. The van der Waals surface area contributed by atoms with Crippen molar-refractivity contribution in [1.29, 1.82) is 0 Å². The molecule has 2 aromatic heterocycles. The van der Waals surface area contributed by atoms with Crippen LogP contribution in [0.5, 0.6) is 5.75 Å². The van der Waals surface area contributed by atoms with Gasteiger partial charge >= 0.3 is 0 Å². The molecule has 92 valence electrons. The first-order chi connectivity index (χ1) is 7.63. The largest absolute Gasteiger partial charge is 0.492 e. The lowest BCUT2D eigenvalue weighted by atomic mass is 10.2. The molecular formula is C10H13ClN4O2. The van der Waals surface area contributed by atoms with Gasteiger partial charge in [-0.15, -0.1) is 12.4 Å². The van der Waals surface area contributed by atoms with Crippen LogP contribution < -0.4 is 16.2 Å². The molecule has 0 aliphatic carbocycles. The normalized spacial score (nSPS) is 9.94. The van der Waals surface area contributed by atoms with Gasteiger partial charge in [-0.25, -0.2) is 4.52 Å². The van der Waals surface area contributed by atoms with E-state index in [0.717, 1.165) is 0 Å². The number of halogens is 1. The van der Waals surface area contributed by atoms with Crippen molar-refractivity contribution in [3.8, 4) is 5.75 Å². The molecule has 0 aliphatic rings. The van der Waals surface area contributed by atoms with Crippen molar-refractivity contribution >= 4 is 29.5 Å². The number of nitrogens with two attached hydrogens (primary N) is 2. The van der Waals surface area contributed by atoms with Crippen LogP contribution in [0.2, 0.25) is 0 Å². The molecular weight excluding hydrogens is 244 g/mol. The predicted molar refractivity (Wildman–Crippen MR) is 66.3 cm³/mol. The van der Waals surface area contributed by atoms with E-state index < -0.39 is 5.91 Å². The lowest BCUT2D eigenvalue weighted by Gasteiger charge is -2.07. The zero-order valence-electron chi connectivity index (χ0n) is 9.21. The predicted octanol–water partition coefficient (Wildman–Crippen LogP) is 0.375. The monoisotopic (exact) mass is 256 g/mol. The van der Waals surface area contributed by atoms with Crippen molar-refractivity contribution in [3.63, 3.8) is 0 Å². The summed E-state index contributed by atoms with van der Waals surface area (Å²) < 4.78 is 6.81. The maximum atomic E-state index is 10.9. The Balaban J connectivity index is 0.00000144. The number of nitrogens with zero attached hydrogens (tertiary/aromatic N) is 2. The number of amides is 1. The molecule has 2 rings (SSSR count). The highest BCUT2D eigenvalue weighted by Gasteiger charge is 2.13. The van der Waals surface area contributed by atoms with Gasteiger partial charge in [0.2, 0.25) is 5.91 Å². The third-order valence-corrected chi connectivity index (χ3v) is 2.31. The van der Waals surface area contributed by atoms with Crippen LogP contribution in [0.3, 0.4) is 0 Å². The molecule has 1 amide bonds. The number of anilines is 1. The van der Waals surface area contributed by atoms with Crippen LogP contribution in [0.1, 0.15) is 5.56 Å². The molecule has 6 nitrogen and oxygen atoms in total. The van der Waals surface area contributed by atoms with Gasteiger partial charge in [0.25, 0.3) is 0 Å². The zero-order valence-corrected chi connectivity index (χ0v) is 10.0. The van der Waals surface area contributed by atoms with E-state index in [2.05, 4.69) is 5.10 Å². The zero-order chi connectivity index (χ0) is 11.7. The first-order valence-corrected chi connectivity index (χ1v) is 4.70. The summed E-state index contributed by atoms with van der Waals surface area (Å²) in [4.78, 5) is 10.9. The van der Waals surface area contributed by atoms with Crippen molar-refractivity contribution in [2.45, 2.75) is 6.42 Å². The molecule has 0 spiro atoms. The number of carbonyl (C=O) groups excluding carboxylic acids is 1. The number of ether oxygens (including phenoxy) is 1. The van der Waals surface area contributed by atoms with E-state index in [1.807, 2.05) is 0 Å². The van der Waals surface area contributed by atoms with Gasteiger partial charge < -0.3 is 16.2 Å². The summed E-state index contributed by atoms with van der Waals surface area (Å²) in [6.45, 7) is 0. The van der Waals surface area contributed by atoms with Crippen molar-refractivity contribution < 1.29 is 9.53 Å². The third kappa shape index (κ3) is 2.26. The Bertz CT molecular complexity index is 552. The second kappa shape index (κ2) is 4.92. The highest BCUT2D eigenvalue weighted by molar-refractivity contribution is 5.85. The first kappa shape index (κ1) is 13.1. The van der Waals surface area contributed by atoms with E-state index in [1.165, 1.54) is 7.11 Å². The van der Waals surface area contributed by atoms with Gasteiger partial charge in [-0.2, -0.15) is 5.10 Å². The number of hydrogen-bond donors (Lipinski definition) is 2. The van der Waals surface area contributed by atoms with Crippen molar-refractivity contribution in [2.24, 2.45) is 5.73 Å². The minimum Gasteiger partial charge on any atom is -0.492 e. The fourth-order valence-electron chi connectivity index (χ4n) is 1.66. The average Bonchev–Trinajstić information content (AvgIpc) is 2.61. The fraction of sp³-hybridized carbons (Fsp3) is 0.200. The summed E-state index contributed by atoms with van der Waals surface area (Å²) in [5, 5.41) is 4.09. The van der Waals surface area contributed by atoms with E-state index in [0.29, 0.717) is 22.5 Å². The number of aromatic nitrogens is 2. The van der Waals surface area contributed by atoms with E-state index in [9.17, 15) is 4.79 Å². The number of fused-ring (bicyclic) bond motifs is 1. The topological polar surface area (TPSA) is 95.6 Å². The molecule has 0 bridgehead atoms. The van der Waals surface area contributed by atoms with Crippen molar-refractivity contribution in [2.75, 3.05) is 12.8 Å². The molecule has 0 saturated heterocycles. The number of primary amides is 1. The number of methoxy groups -OCH3 is 1. The second-order valence-corrected chi connectivity index (χ2v) is 3.41. The molecule has 0 fully saturated rings. The minimum atomic E-state index is -0.417. The van der Waals surface area contributed by atoms with Gasteiger partial charge in [0.05, 0.1) is 25.4 Å². The van der Waals surface area contributed by atoms with Gasteiger partial charge in [0.15, 0.2) is 5.75 Å².